The number of aromatic nitrogens is 1. The fraction of sp³-hybridized carbons (Fsp3) is 0.429. The lowest BCUT2D eigenvalue weighted by atomic mass is 9.88. The van der Waals surface area contributed by atoms with Crippen LogP contribution in [0.3, 0.4) is 0 Å². The molecule has 0 bridgehead atoms. The fourth-order valence-electron chi connectivity index (χ4n) is 2.67. The molecule has 0 spiro atoms. The summed E-state index contributed by atoms with van der Waals surface area (Å²) in [6.07, 6.45) is -0.398. The number of hydrogen-bond donors (Lipinski definition) is 5. The number of fused-ring (bicyclic) bond motifs is 1. The summed E-state index contributed by atoms with van der Waals surface area (Å²) in [4.78, 5) is 40.8. The van der Waals surface area contributed by atoms with Crippen LogP contribution < -0.4 is 0 Å². The summed E-state index contributed by atoms with van der Waals surface area (Å²) in [7, 11) is -9.93. The van der Waals surface area contributed by atoms with Crippen LogP contribution >= 0.6 is 15.2 Å². The molecule has 1 aromatic heterocycles. The lowest BCUT2D eigenvalue weighted by Crippen LogP contribution is -2.18. The van der Waals surface area contributed by atoms with Gasteiger partial charge < -0.3 is 24.6 Å². The third-order valence-electron chi connectivity index (χ3n) is 3.73. The summed E-state index contributed by atoms with van der Waals surface area (Å²) in [6, 6.07) is 7.18. The highest BCUT2D eigenvalue weighted by molar-refractivity contribution is 7.70. The molecule has 5 N–H and O–H groups in total. The summed E-state index contributed by atoms with van der Waals surface area (Å²) in [5.74, 6) is 0. The van der Waals surface area contributed by atoms with Crippen molar-refractivity contribution in [1.29, 1.82) is 0 Å². The van der Waals surface area contributed by atoms with Crippen molar-refractivity contribution < 1.29 is 28.7 Å². The molecule has 0 aliphatic carbocycles. The van der Waals surface area contributed by atoms with Gasteiger partial charge in [-0.2, -0.15) is 0 Å². The molecule has 2 aromatic rings. The summed E-state index contributed by atoms with van der Waals surface area (Å²) >= 11 is 0. The van der Waals surface area contributed by atoms with Gasteiger partial charge in [0.25, 0.3) is 0 Å². The van der Waals surface area contributed by atoms with Gasteiger partial charge in [-0.05, 0) is 11.6 Å². The first-order chi connectivity index (χ1) is 10.3. The molecule has 0 unspecified atom stereocenters. The van der Waals surface area contributed by atoms with Crippen LogP contribution in [0.2, 0.25) is 0 Å². The average Bonchev–Trinajstić information content (AvgIpc) is 2.71. The average molecular weight is 361 g/mol. The Balaban J connectivity index is 2.67. The Morgan fingerprint density at radius 2 is 1.57 bits per heavy atom. The smallest absolute Gasteiger partial charge is 0.341 e. The van der Waals surface area contributed by atoms with Crippen molar-refractivity contribution in [1.82, 2.24) is 4.98 Å². The largest absolute Gasteiger partial charge is 0.358 e. The van der Waals surface area contributed by atoms with E-state index in [1.165, 1.54) is 0 Å². The molecule has 0 aliphatic heterocycles. The minimum absolute atomic E-state index is 0.372. The van der Waals surface area contributed by atoms with Crippen molar-refractivity contribution in [3.63, 3.8) is 0 Å². The van der Waals surface area contributed by atoms with E-state index in [1.54, 1.807) is 12.1 Å². The Morgan fingerprint density at radius 3 is 2.04 bits per heavy atom. The van der Waals surface area contributed by atoms with E-state index >= 15 is 0 Å². The second-order valence-corrected chi connectivity index (χ2v) is 10.6. The van der Waals surface area contributed by atoms with E-state index in [-0.39, 0.29) is 5.41 Å². The van der Waals surface area contributed by atoms with Crippen molar-refractivity contribution in [2.45, 2.75) is 38.0 Å². The molecule has 0 fully saturated rings. The molecule has 0 saturated carbocycles. The predicted octanol–water partition coefficient (Wildman–Crippen LogP) is 2.69. The fourth-order valence-corrected chi connectivity index (χ4v) is 5.08. The predicted molar refractivity (Wildman–Crippen MR) is 88.6 cm³/mol. The number of hydrogen-bond acceptors (Lipinski definition) is 2. The summed E-state index contributed by atoms with van der Waals surface area (Å²) in [5, 5.41) is -1.33. The topological polar surface area (TPSA) is 131 Å². The van der Waals surface area contributed by atoms with Crippen LogP contribution in [0.5, 0.6) is 0 Å². The van der Waals surface area contributed by atoms with Gasteiger partial charge in [-0.25, -0.2) is 0 Å². The maximum absolute atomic E-state index is 11.6. The molecular formula is C14H21NO6P2. The Bertz CT molecular complexity index is 788. The standard InChI is InChI=1S/C14H21NO6P2/c1-14(2,3)13-10(9-6-4-5-7-11(9)15-13)8-12(22(16,17)18)23(19,20)21/h4-7,12,15H,8H2,1-3H3,(H2,16,17,18)(H2,19,20,21). The van der Waals surface area contributed by atoms with Crippen molar-refractivity contribution in [2.24, 2.45) is 0 Å². The monoisotopic (exact) mass is 361 g/mol. The van der Waals surface area contributed by atoms with E-state index in [4.69, 9.17) is 0 Å². The lowest BCUT2D eigenvalue weighted by Gasteiger charge is -2.23. The second kappa shape index (κ2) is 5.85. The number of para-hydroxylation sites is 1. The quantitative estimate of drug-likeness (QED) is 0.532. The Morgan fingerprint density at radius 1 is 1.04 bits per heavy atom. The van der Waals surface area contributed by atoms with E-state index in [0.717, 1.165) is 5.52 Å². The number of H-pyrrole nitrogens is 1. The third kappa shape index (κ3) is 3.94. The molecule has 128 valence electrons. The van der Waals surface area contributed by atoms with Gasteiger partial charge in [0.05, 0.1) is 0 Å². The molecule has 1 aromatic carbocycles. The number of nitrogens with one attached hydrogen (secondary N) is 1. The molecule has 23 heavy (non-hydrogen) atoms. The van der Waals surface area contributed by atoms with Crippen LogP contribution in [0, 0.1) is 0 Å². The Labute approximate surface area is 134 Å². The third-order valence-corrected chi connectivity index (χ3v) is 7.45. The van der Waals surface area contributed by atoms with E-state index in [1.807, 2.05) is 32.9 Å². The highest BCUT2D eigenvalue weighted by Gasteiger charge is 2.44. The lowest BCUT2D eigenvalue weighted by molar-refractivity contribution is 0.338. The zero-order chi connectivity index (χ0) is 17.6. The van der Waals surface area contributed by atoms with Gasteiger partial charge in [-0.3, -0.25) is 9.13 Å². The first kappa shape index (κ1) is 18.4. The summed E-state index contributed by atoms with van der Waals surface area (Å²) in [5.41, 5.74) is 1.64. The summed E-state index contributed by atoms with van der Waals surface area (Å²) in [6.45, 7) is 5.77. The zero-order valence-electron chi connectivity index (χ0n) is 13.1. The van der Waals surface area contributed by atoms with Crippen molar-refractivity contribution in [3.05, 3.63) is 35.5 Å². The van der Waals surface area contributed by atoms with Gasteiger partial charge in [0.2, 0.25) is 0 Å². The van der Waals surface area contributed by atoms with Gasteiger partial charge in [0.15, 0.2) is 5.40 Å². The second-order valence-electron chi connectivity index (χ2n) is 6.64. The molecule has 7 nitrogen and oxygen atoms in total. The van der Waals surface area contributed by atoms with Gasteiger partial charge in [0.1, 0.15) is 0 Å². The van der Waals surface area contributed by atoms with Gasteiger partial charge >= 0.3 is 15.2 Å². The molecule has 2 rings (SSSR count). The molecule has 0 aliphatic rings. The SMILES string of the molecule is CC(C)(C)c1[nH]c2ccccc2c1CC(P(=O)(O)O)P(=O)(O)O. The van der Waals surface area contributed by atoms with Crippen LogP contribution in [-0.2, 0) is 21.0 Å². The maximum Gasteiger partial charge on any atom is 0.341 e. The van der Waals surface area contributed by atoms with Crippen LogP contribution in [0.4, 0.5) is 0 Å². The van der Waals surface area contributed by atoms with Crippen LogP contribution in [-0.4, -0.2) is 30.0 Å². The number of aromatic amines is 1. The minimum Gasteiger partial charge on any atom is -0.358 e. The Hall–Kier alpha value is -0.940. The van der Waals surface area contributed by atoms with Crippen molar-refractivity contribution in [3.8, 4) is 0 Å². The van der Waals surface area contributed by atoms with Crippen LogP contribution in [0.1, 0.15) is 32.0 Å². The van der Waals surface area contributed by atoms with Crippen molar-refractivity contribution in [2.75, 3.05) is 0 Å². The molecule has 1 heterocycles. The van der Waals surface area contributed by atoms with E-state index in [2.05, 4.69) is 4.98 Å². The van der Waals surface area contributed by atoms with E-state index in [9.17, 15) is 28.7 Å². The highest BCUT2D eigenvalue weighted by Crippen LogP contribution is 2.61. The molecule has 0 amide bonds. The first-order valence-corrected chi connectivity index (χ1v) is 10.4. The normalized spacial score (nSPS) is 13.9. The molecule has 0 saturated heterocycles. The number of rotatable bonds is 4. The van der Waals surface area contributed by atoms with Crippen LogP contribution in [0.25, 0.3) is 10.9 Å². The first-order valence-electron chi connectivity index (χ1n) is 7.02. The Kier molecular flexibility index (Phi) is 4.68. The van der Waals surface area contributed by atoms with E-state index < -0.39 is 27.0 Å². The van der Waals surface area contributed by atoms with E-state index in [0.29, 0.717) is 16.6 Å². The number of benzene rings is 1. The van der Waals surface area contributed by atoms with Crippen molar-refractivity contribution >= 4 is 26.1 Å². The van der Waals surface area contributed by atoms with Gasteiger partial charge in [0, 0.05) is 28.4 Å². The minimum atomic E-state index is -4.97. The molecule has 9 heteroatoms. The molecule has 0 atom stereocenters. The highest BCUT2D eigenvalue weighted by atomic mass is 31.2. The molecular weight excluding hydrogens is 340 g/mol. The zero-order valence-corrected chi connectivity index (χ0v) is 14.9. The van der Waals surface area contributed by atoms with Crippen LogP contribution in [0.15, 0.2) is 24.3 Å². The van der Waals surface area contributed by atoms with Gasteiger partial charge in [-0.15, -0.1) is 0 Å². The molecule has 0 radical (unpaired) electrons. The maximum atomic E-state index is 11.6. The van der Waals surface area contributed by atoms with Gasteiger partial charge in [-0.1, -0.05) is 39.0 Å². The summed E-state index contributed by atoms with van der Waals surface area (Å²) < 4.78 is 23.2.